The van der Waals surface area contributed by atoms with Crippen LogP contribution in [0.15, 0.2) is 224 Å². The summed E-state index contributed by atoms with van der Waals surface area (Å²) in [6.07, 6.45) is 0.905. The molecule has 2 heterocycles. The number of aromatic nitrogens is 1. The van der Waals surface area contributed by atoms with Gasteiger partial charge in [-0.1, -0.05) is 181 Å². The minimum Gasteiger partial charge on any atom is -0.333 e. The molecule has 12 aromatic rings. The summed E-state index contributed by atoms with van der Waals surface area (Å²) >= 11 is 0. The monoisotopic (exact) mass is 842 g/mol. The van der Waals surface area contributed by atoms with Crippen LogP contribution in [0.4, 0.5) is 11.4 Å². The highest BCUT2D eigenvalue weighted by atomic mass is 15.2. The van der Waals surface area contributed by atoms with Crippen LogP contribution in [0, 0.1) is 13.8 Å². The van der Waals surface area contributed by atoms with E-state index in [1.807, 2.05) is 0 Å². The van der Waals surface area contributed by atoms with E-state index in [1.54, 1.807) is 0 Å². The molecule has 0 fully saturated rings. The fourth-order valence-corrected chi connectivity index (χ4v) is 10.9. The molecule has 1 aliphatic rings. The van der Waals surface area contributed by atoms with E-state index in [0.29, 0.717) is 0 Å². The summed E-state index contributed by atoms with van der Waals surface area (Å²) in [4.78, 5) is 2.59. The van der Waals surface area contributed by atoms with Crippen LogP contribution in [0.2, 0.25) is 0 Å². The van der Waals surface area contributed by atoms with Gasteiger partial charge in [0.05, 0.1) is 17.3 Å². The van der Waals surface area contributed by atoms with Gasteiger partial charge < -0.3 is 9.47 Å². The van der Waals surface area contributed by atoms with E-state index in [-0.39, 0.29) is 6.04 Å². The van der Waals surface area contributed by atoms with E-state index in [4.69, 9.17) is 0 Å². The van der Waals surface area contributed by atoms with Gasteiger partial charge in [0.2, 0.25) is 0 Å². The normalized spacial score (nSPS) is 13.7. The lowest BCUT2D eigenvalue weighted by atomic mass is 9.92. The molecule has 0 radical (unpaired) electrons. The first kappa shape index (κ1) is 38.3. The van der Waals surface area contributed by atoms with Crippen molar-refractivity contribution in [3.05, 3.63) is 247 Å². The Morgan fingerprint density at radius 2 is 0.818 bits per heavy atom. The van der Waals surface area contributed by atoms with Gasteiger partial charge >= 0.3 is 0 Å². The van der Waals surface area contributed by atoms with Crippen LogP contribution < -0.4 is 4.90 Å². The molecule has 66 heavy (non-hydrogen) atoms. The third-order valence-electron chi connectivity index (χ3n) is 14.2. The van der Waals surface area contributed by atoms with E-state index < -0.39 is 0 Å². The van der Waals surface area contributed by atoms with Crippen molar-refractivity contribution in [3.8, 4) is 39.2 Å². The van der Waals surface area contributed by atoms with Crippen LogP contribution in [0.3, 0.4) is 0 Å². The van der Waals surface area contributed by atoms with E-state index >= 15 is 0 Å². The molecule has 11 aromatic carbocycles. The third kappa shape index (κ3) is 6.25. The van der Waals surface area contributed by atoms with Crippen molar-refractivity contribution in [3.63, 3.8) is 0 Å². The van der Waals surface area contributed by atoms with Crippen LogP contribution in [0.5, 0.6) is 0 Å². The molecule has 0 bridgehead atoms. The number of fused-ring (bicyclic) bond motifs is 6. The number of rotatable bonds is 6. The van der Waals surface area contributed by atoms with Crippen molar-refractivity contribution < 1.29 is 0 Å². The summed E-state index contributed by atoms with van der Waals surface area (Å²) in [7, 11) is 0. The lowest BCUT2D eigenvalue weighted by molar-refractivity contribution is 0.743. The molecule has 0 spiro atoms. The number of nitrogens with zero attached hydrogens (tertiary/aromatic N) is 2. The zero-order valence-corrected chi connectivity index (χ0v) is 37.0. The molecule has 1 unspecified atom stereocenters. The first-order chi connectivity index (χ1) is 32.5. The average Bonchev–Trinajstić information content (AvgIpc) is 3.92. The van der Waals surface area contributed by atoms with Gasteiger partial charge in [0, 0.05) is 22.4 Å². The van der Waals surface area contributed by atoms with E-state index in [2.05, 4.69) is 248 Å². The maximum atomic E-state index is 2.59. The van der Waals surface area contributed by atoms with Crippen LogP contribution >= 0.6 is 0 Å². The minimum absolute atomic E-state index is 0.149. The number of anilines is 2. The summed E-state index contributed by atoms with van der Waals surface area (Å²) in [5.41, 5.74) is 17.4. The molecule has 0 aliphatic carbocycles. The van der Waals surface area contributed by atoms with Crippen LogP contribution in [-0.2, 0) is 6.42 Å². The van der Waals surface area contributed by atoms with Crippen LogP contribution in [0.25, 0.3) is 93.2 Å². The van der Waals surface area contributed by atoms with Crippen molar-refractivity contribution in [2.75, 3.05) is 4.90 Å². The fraction of sp³-hybridized carbons (Fsp3) is 0.0625. The SMILES string of the molecule is Cc1ccc(-c2cc3cc4c(cc3n2-c2ccc(-c3c5ccccc5cc5ccccc35)cc2)CC(c2ccc(C)cc2)N4c2ccc(-c3c4ccccc4cc4ccccc34)cc2)cc1. The highest BCUT2D eigenvalue weighted by Crippen LogP contribution is 2.49. The summed E-state index contributed by atoms with van der Waals surface area (Å²) in [5, 5.41) is 11.4. The van der Waals surface area contributed by atoms with E-state index in [1.165, 1.54) is 121 Å². The van der Waals surface area contributed by atoms with Crippen molar-refractivity contribution in [1.29, 1.82) is 0 Å². The molecule has 2 heteroatoms. The minimum atomic E-state index is 0.149. The van der Waals surface area contributed by atoms with Crippen molar-refractivity contribution >= 4 is 65.4 Å². The second kappa shape index (κ2) is 15.2. The Hall–Kier alpha value is -8.20. The van der Waals surface area contributed by atoms with E-state index in [9.17, 15) is 0 Å². The molecule has 0 N–H and O–H groups in total. The average molecular weight is 843 g/mol. The summed E-state index contributed by atoms with van der Waals surface area (Å²) < 4.78 is 2.48. The summed E-state index contributed by atoms with van der Waals surface area (Å²) in [5.74, 6) is 0. The van der Waals surface area contributed by atoms with Crippen LogP contribution in [0.1, 0.15) is 28.3 Å². The quantitative estimate of drug-likeness (QED) is 0.151. The van der Waals surface area contributed by atoms with E-state index in [0.717, 1.165) is 12.1 Å². The molecule has 1 aliphatic heterocycles. The Bertz CT molecular complexity index is 3730. The van der Waals surface area contributed by atoms with Crippen molar-refractivity contribution in [2.24, 2.45) is 0 Å². The predicted octanol–water partition coefficient (Wildman–Crippen LogP) is 17.3. The van der Waals surface area contributed by atoms with Crippen LogP contribution in [-0.4, -0.2) is 4.57 Å². The maximum absolute atomic E-state index is 2.59. The maximum Gasteiger partial charge on any atom is 0.0632 e. The van der Waals surface area contributed by atoms with Gasteiger partial charge in [0.25, 0.3) is 0 Å². The number of hydrogen-bond acceptors (Lipinski definition) is 1. The number of aryl methyl sites for hydroxylation is 2. The Balaban J connectivity index is 0.964. The first-order valence-electron chi connectivity index (χ1n) is 23.2. The van der Waals surface area contributed by atoms with Gasteiger partial charge in [0.15, 0.2) is 0 Å². The van der Waals surface area contributed by atoms with Gasteiger partial charge in [0.1, 0.15) is 0 Å². The molecule has 13 rings (SSSR count). The Morgan fingerprint density at radius 3 is 1.32 bits per heavy atom. The Kier molecular flexibility index (Phi) is 8.83. The molecule has 1 aromatic heterocycles. The molecule has 2 nitrogen and oxygen atoms in total. The van der Waals surface area contributed by atoms with Gasteiger partial charge in [-0.05, 0) is 157 Å². The molecular formula is C64H46N2. The standard InChI is InChI=1S/C64H46N2/c1-41-19-23-43(24-20-41)59-37-51-39-62-52(40-61(51)65(59)53-31-27-45(28-32-53)63-55-15-7-3-11-47(55)35-48-12-4-8-16-56(48)63)38-60(44-25-21-42(2)22-26-44)66(62)54-33-29-46(30-34-54)64-57-17-9-5-13-49(57)36-50-14-6-10-18-58(50)64/h3-37,39-40,60H,38H2,1-2H3. The van der Waals surface area contributed by atoms with Gasteiger partial charge in [-0.25, -0.2) is 0 Å². The fourth-order valence-electron chi connectivity index (χ4n) is 10.9. The second-order valence-corrected chi connectivity index (χ2v) is 18.3. The first-order valence-corrected chi connectivity index (χ1v) is 23.2. The molecule has 1 atom stereocenters. The van der Waals surface area contributed by atoms with Gasteiger partial charge in [-0.2, -0.15) is 0 Å². The van der Waals surface area contributed by atoms with Gasteiger partial charge in [-0.15, -0.1) is 0 Å². The third-order valence-corrected chi connectivity index (χ3v) is 14.2. The molecular weight excluding hydrogens is 797 g/mol. The Labute approximate surface area is 385 Å². The lowest BCUT2D eigenvalue weighted by Gasteiger charge is -2.28. The van der Waals surface area contributed by atoms with Crippen molar-refractivity contribution in [2.45, 2.75) is 26.3 Å². The molecule has 0 amide bonds. The lowest BCUT2D eigenvalue weighted by Crippen LogP contribution is -2.19. The zero-order valence-electron chi connectivity index (χ0n) is 37.0. The van der Waals surface area contributed by atoms with Gasteiger partial charge in [-0.3, -0.25) is 0 Å². The number of benzene rings is 11. The topological polar surface area (TPSA) is 8.17 Å². The highest BCUT2D eigenvalue weighted by Gasteiger charge is 2.33. The smallest absolute Gasteiger partial charge is 0.0632 e. The Morgan fingerprint density at radius 1 is 0.379 bits per heavy atom. The largest absolute Gasteiger partial charge is 0.333 e. The van der Waals surface area contributed by atoms with Crippen molar-refractivity contribution in [1.82, 2.24) is 4.57 Å². The summed E-state index contributed by atoms with van der Waals surface area (Å²) in [6.45, 7) is 4.34. The summed E-state index contributed by atoms with van der Waals surface area (Å²) in [6, 6.07) is 84.0. The second-order valence-electron chi connectivity index (χ2n) is 18.3. The predicted molar refractivity (Wildman–Crippen MR) is 281 cm³/mol. The zero-order chi connectivity index (χ0) is 43.9. The highest BCUT2D eigenvalue weighted by molar-refractivity contribution is 6.14. The number of hydrogen-bond donors (Lipinski definition) is 0. The molecule has 312 valence electrons. The molecule has 0 saturated carbocycles. The molecule has 0 saturated heterocycles.